The first kappa shape index (κ1) is 17.6. The summed E-state index contributed by atoms with van der Waals surface area (Å²) in [5, 5.41) is 5.05. The molecular formula is C23H20N2O4. The Morgan fingerprint density at radius 2 is 1.76 bits per heavy atom. The second-order valence-corrected chi connectivity index (χ2v) is 7.25. The normalized spacial score (nSPS) is 18.1. The number of fused-ring (bicyclic) bond motifs is 2. The fraction of sp³-hybridized carbons (Fsp3) is 0.217. The zero-order valence-electron chi connectivity index (χ0n) is 15.8. The van der Waals surface area contributed by atoms with Crippen LogP contribution in [0.2, 0.25) is 0 Å². The van der Waals surface area contributed by atoms with E-state index in [0.29, 0.717) is 31.3 Å². The molecule has 0 bridgehead atoms. The monoisotopic (exact) mass is 388 g/mol. The van der Waals surface area contributed by atoms with Gasteiger partial charge in [0, 0.05) is 35.8 Å². The molecule has 2 aliphatic rings. The highest BCUT2D eigenvalue weighted by Crippen LogP contribution is 2.36. The van der Waals surface area contributed by atoms with E-state index in [-0.39, 0.29) is 18.2 Å². The highest BCUT2D eigenvalue weighted by Gasteiger charge is 2.35. The third-order valence-corrected chi connectivity index (χ3v) is 5.38. The maximum atomic E-state index is 12.9. The largest absolute Gasteiger partial charge is 0.486 e. The minimum Gasteiger partial charge on any atom is -0.486 e. The van der Waals surface area contributed by atoms with E-state index in [2.05, 4.69) is 5.32 Å². The third-order valence-electron chi connectivity index (χ3n) is 5.38. The second kappa shape index (κ2) is 7.13. The SMILES string of the molecule is O=C(Nc1cccc2ccccc12)C1CC(=O)N(c2ccc3c(c2)OCCO3)C1. The number of carbonyl (C=O) groups excluding carboxylic acids is 2. The molecule has 1 atom stereocenters. The Bertz CT molecular complexity index is 1110. The second-order valence-electron chi connectivity index (χ2n) is 7.25. The molecule has 29 heavy (non-hydrogen) atoms. The number of amides is 2. The molecule has 6 heteroatoms. The van der Waals surface area contributed by atoms with Crippen LogP contribution in [-0.2, 0) is 9.59 Å². The molecule has 0 aliphatic carbocycles. The fourth-order valence-corrected chi connectivity index (χ4v) is 3.90. The van der Waals surface area contributed by atoms with Gasteiger partial charge in [0.2, 0.25) is 11.8 Å². The van der Waals surface area contributed by atoms with Crippen LogP contribution < -0.4 is 19.7 Å². The zero-order valence-corrected chi connectivity index (χ0v) is 15.8. The van der Waals surface area contributed by atoms with Crippen molar-refractivity contribution in [3.8, 4) is 11.5 Å². The van der Waals surface area contributed by atoms with Gasteiger partial charge in [-0.25, -0.2) is 0 Å². The van der Waals surface area contributed by atoms with Gasteiger partial charge in [-0.15, -0.1) is 0 Å². The van der Waals surface area contributed by atoms with Crippen LogP contribution in [0, 0.1) is 5.92 Å². The molecule has 1 saturated heterocycles. The van der Waals surface area contributed by atoms with Crippen LogP contribution in [0.3, 0.4) is 0 Å². The Morgan fingerprint density at radius 3 is 2.66 bits per heavy atom. The van der Waals surface area contributed by atoms with Crippen molar-refractivity contribution < 1.29 is 19.1 Å². The molecule has 0 radical (unpaired) electrons. The molecule has 0 aromatic heterocycles. The summed E-state index contributed by atoms with van der Waals surface area (Å²) in [6.45, 7) is 1.35. The van der Waals surface area contributed by atoms with Crippen molar-refractivity contribution in [3.63, 3.8) is 0 Å². The van der Waals surface area contributed by atoms with E-state index in [1.165, 1.54) is 0 Å². The first-order valence-corrected chi connectivity index (χ1v) is 9.68. The van der Waals surface area contributed by atoms with Gasteiger partial charge >= 0.3 is 0 Å². The molecular weight excluding hydrogens is 368 g/mol. The van der Waals surface area contributed by atoms with Gasteiger partial charge in [-0.1, -0.05) is 36.4 Å². The van der Waals surface area contributed by atoms with E-state index in [9.17, 15) is 9.59 Å². The van der Waals surface area contributed by atoms with Crippen molar-refractivity contribution in [1.29, 1.82) is 0 Å². The van der Waals surface area contributed by atoms with Crippen LogP contribution in [-0.4, -0.2) is 31.6 Å². The lowest BCUT2D eigenvalue weighted by Crippen LogP contribution is -2.28. The number of anilines is 2. The molecule has 2 heterocycles. The molecule has 2 amide bonds. The summed E-state index contributed by atoms with van der Waals surface area (Å²) in [4.78, 5) is 27.1. The van der Waals surface area contributed by atoms with Gasteiger partial charge in [-0.05, 0) is 23.6 Å². The van der Waals surface area contributed by atoms with Crippen molar-refractivity contribution in [2.45, 2.75) is 6.42 Å². The molecule has 146 valence electrons. The quantitative estimate of drug-likeness (QED) is 0.744. The van der Waals surface area contributed by atoms with Gasteiger partial charge in [0.1, 0.15) is 13.2 Å². The van der Waals surface area contributed by atoms with Crippen molar-refractivity contribution in [3.05, 3.63) is 60.7 Å². The number of hydrogen-bond donors (Lipinski definition) is 1. The molecule has 1 unspecified atom stereocenters. The molecule has 6 nitrogen and oxygen atoms in total. The molecule has 1 N–H and O–H groups in total. The average Bonchev–Trinajstić information content (AvgIpc) is 3.15. The summed E-state index contributed by atoms with van der Waals surface area (Å²) in [5.41, 5.74) is 1.48. The van der Waals surface area contributed by atoms with Gasteiger partial charge < -0.3 is 19.7 Å². The number of hydrogen-bond acceptors (Lipinski definition) is 4. The number of ether oxygens (including phenoxy) is 2. The first-order chi connectivity index (χ1) is 14.2. The lowest BCUT2D eigenvalue weighted by atomic mass is 10.1. The number of rotatable bonds is 3. The van der Waals surface area contributed by atoms with Gasteiger partial charge in [0.25, 0.3) is 0 Å². The first-order valence-electron chi connectivity index (χ1n) is 9.68. The van der Waals surface area contributed by atoms with Gasteiger partial charge in [0.15, 0.2) is 11.5 Å². The van der Waals surface area contributed by atoms with E-state index >= 15 is 0 Å². The van der Waals surface area contributed by atoms with E-state index in [0.717, 1.165) is 22.1 Å². The van der Waals surface area contributed by atoms with Crippen LogP contribution in [0.5, 0.6) is 11.5 Å². The Hall–Kier alpha value is -3.54. The predicted octanol–water partition coefficient (Wildman–Crippen LogP) is 3.60. The van der Waals surface area contributed by atoms with E-state index < -0.39 is 5.92 Å². The van der Waals surface area contributed by atoms with Crippen molar-refractivity contribution >= 4 is 34.0 Å². The summed E-state index contributed by atoms with van der Waals surface area (Å²) < 4.78 is 11.1. The summed E-state index contributed by atoms with van der Waals surface area (Å²) in [7, 11) is 0. The summed E-state index contributed by atoms with van der Waals surface area (Å²) in [5.74, 6) is 0.686. The predicted molar refractivity (Wildman–Crippen MR) is 110 cm³/mol. The topological polar surface area (TPSA) is 67.9 Å². The van der Waals surface area contributed by atoms with Crippen LogP contribution in [0.1, 0.15) is 6.42 Å². The zero-order chi connectivity index (χ0) is 19.8. The molecule has 0 spiro atoms. The van der Waals surface area contributed by atoms with Crippen LogP contribution in [0.15, 0.2) is 60.7 Å². The van der Waals surface area contributed by atoms with E-state index in [4.69, 9.17) is 9.47 Å². The molecule has 3 aromatic carbocycles. The Balaban J connectivity index is 1.34. The molecule has 1 fully saturated rings. The smallest absolute Gasteiger partial charge is 0.229 e. The standard InChI is InChI=1S/C23H20N2O4/c26-22-12-16(14-25(22)17-8-9-20-21(13-17)29-11-10-28-20)23(27)24-19-7-3-5-15-4-1-2-6-18(15)19/h1-9,13,16H,10-12,14H2,(H,24,27). The molecule has 2 aliphatic heterocycles. The van der Waals surface area contributed by atoms with Gasteiger partial charge in [0.05, 0.1) is 5.92 Å². The molecule has 0 saturated carbocycles. The van der Waals surface area contributed by atoms with Crippen molar-refractivity contribution in [2.24, 2.45) is 5.92 Å². The maximum absolute atomic E-state index is 12.9. The number of nitrogens with one attached hydrogen (secondary N) is 1. The third kappa shape index (κ3) is 3.27. The molecule has 3 aromatic rings. The maximum Gasteiger partial charge on any atom is 0.229 e. The highest BCUT2D eigenvalue weighted by atomic mass is 16.6. The summed E-state index contributed by atoms with van der Waals surface area (Å²) >= 11 is 0. The number of benzene rings is 3. The van der Waals surface area contributed by atoms with Crippen LogP contribution in [0.25, 0.3) is 10.8 Å². The van der Waals surface area contributed by atoms with Crippen molar-refractivity contribution in [2.75, 3.05) is 30.0 Å². The average molecular weight is 388 g/mol. The van der Waals surface area contributed by atoms with Crippen LogP contribution in [0.4, 0.5) is 11.4 Å². The minimum absolute atomic E-state index is 0.0697. The summed E-state index contributed by atoms with van der Waals surface area (Å²) in [6.07, 6.45) is 0.186. The summed E-state index contributed by atoms with van der Waals surface area (Å²) in [6, 6.07) is 19.1. The Labute approximate surface area is 168 Å². The fourth-order valence-electron chi connectivity index (χ4n) is 3.90. The minimum atomic E-state index is -0.408. The number of carbonyl (C=O) groups is 2. The highest BCUT2D eigenvalue weighted by molar-refractivity contribution is 6.07. The van der Waals surface area contributed by atoms with E-state index in [1.54, 1.807) is 17.0 Å². The Morgan fingerprint density at radius 1 is 0.966 bits per heavy atom. The lowest BCUT2D eigenvalue weighted by molar-refractivity contribution is -0.122. The van der Waals surface area contributed by atoms with Crippen molar-refractivity contribution in [1.82, 2.24) is 0 Å². The van der Waals surface area contributed by atoms with E-state index in [1.807, 2.05) is 48.5 Å². The molecule has 5 rings (SSSR count). The Kier molecular flexibility index (Phi) is 4.31. The van der Waals surface area contributed by atoms with Gasteiger partial charge in [-0.3, -0.25) is 9.59 Å². The number of nitrogens with zero attached hydrogens (tertiary/aromatic N) is 1. The van der Waals surface area contributed by atoms with Gasteiger partial charge in [-0.2, -0.15) is 0 Å². The van der Waals surface area contributed by atoms with Crippen LogP contribution >= 0.6 is 0 Å². The lowest BCUT2D eigenvalue weighted by Gasteiger charge is -2.22.